The van der Waals surface area contributed by atoms with Crippen molar-refractivity contribution in [3.05, 3.63) is 0 Å². The standard InChI is InChI=1S/C15H31N3/c1-8-10-17-15(6,12-16)9-11-18(7)13(2)14(3,4)5/h13,17H,8-11H2,1-7H3. The van der Waals surface area contributed by atoms with Gasteiger partial charge < -0.3 is 4.90 Å². The first-order valence-corrected chi connectivity index (χ1v) is 7.03. The van der Waals surface area contributed by atoms with Crippen molar-refractivity contribution in [2.45, 2.75) is 66.0 Å². The van der Waals surface area contributed by atoms with Crippen molar-refractivity contribution in [3.8, 4) is 6.07 Å². The Morgan fingerprint density at radius 2 is 1.83 bits per heavy atom. The Labute approximate surface area is 114 Å². The number of nitrogens with zero attached hydrogens (tertiary/aromatic N) is 2. The molecule has 0 amide bonds. The van der Waals surface area contributed by atoms with E-state index in [1.54, 1.807) is 0 Å². The van der Waals surface area contributed by atoms with Crippen LogP contribution < -0.4 is 5.32 Å². The third-order valence-corrected chi connectivity index (χ3v) is 3.89. The minimum Gasteiger partial charge on any atom is -0.303 e. The highest BCUT2D eigenvalue weighted by molar-refractivity contribution is 5.04. The molecule has 0 spiro atoms. The minimum atomic E-state index is -0.401. The van der Waals surface area contributed by atoms with E-state index in [1.165, 1.54) is 0 Å². The molecule has 0 saturated heterocycles. The SMILES string of the molecule is CCCNC(C)(C#N)CCN(C)C(C)C(C)(C)C. The van der Waals surface area contributed by atoms with Crippen LogP contribution in [0.5, 0.6) is 0 Å². The Morgan fingerprint density at radius 3 is 2.22 bits per heavy atom. The highest BCUT2D eigenvalue weighted by Gasteiger charge is 2.27. The summed E-state index contributed by atoms with van der Waals surface area (Å²) in [6, 6.07) is 2.91. The molecule has 0 aliphatic carbocycles. The Hall–Kier alpha value is -0.590. The lowest BCUT2D eigenvalue weighted by atomic mass is 9.86. The summed E-state index contributed by atoms with van der Waals surface area (Å²) in [6.07, 6.45) is 1.92. The van der Waals surface area contributed by atoms with Gasteiger partial charge in [-0.15, -0.1) is 0 Å². The van der Waals surface area contributed by atoms with E-state index in [-0.39, 0.29) is 5.41 Å². The molecule has 0 aromatic heterocycles. The van der Waals surface area contributed by atoms with Gasteiger partial charge in [-0.1, -0.05) is 27.7 Å². The monoisotopic (exact) mass is 253 g/mol. The van der Waals surface area contributed by atoms with Crippen LogP contribution in [0.2, 0.25) is 0 Å². The largest absolute Gasteiger partial charge is 0.303 e. The summed E-state index contributed by atoms with van der Waals surface area (Å²) in [5.74, 6) is 0. The number of nitriles is 1. The third-order valence-electron chi connectivity index (χ3n) is 3.89. The Bertz CT molecular complexity index is 274. The maximum absolute atomic E-state index is 9.29. The van der Waals surface area contributed by atoms with Crippen LogP contribution in [-0.4, -0.2) is 36.6 Å². The van der Waals surface area contributed by atoms with Gasteiger partial charge in [-0.2, -0.15) is 5.26 Å². The fourth-order valence-corrected chi connectivity index (χ4v) is 1.84. The molecule has 0 radical (unpaired) electrons. The molecule has 18 heavy (non-hydrogen) atoms. The quantitative estimate of drug-likeness (QED) is 0.758. The van der Waals surface area contributed by atoms with Crippen molar-refractivity contribution in [1.29, 1.82) is 5.26 Å². The molecular weight excluding hydrogens is 222 g/mol. The van der Waals surface area contributed by atoms with Gasteiger partial charge in [0, 0.05) is 12.6 Å². The zero-order chi connectivity index (χ0) is 14.4. The predicted octanol–water partition coefficient (Wildman–Crippen LogP) is 3.02. The van der Waals surface area contributed by atoms with Gasteiger partial charge in [0.15, 0.2) is 0 Å². The molecule has 3 heteroatoms. The second-order valence-corrected chi connectivity index (χ2v) is 6.64. The lowest BCUT2D eigenvalue weighted by Crippen LogP contribution is -2.46. The Morgan fingerprint density at radius 1 is 1.28 bits per heavy atom. The van der Waals surface area contributed by atoms with E-state index in [4.69, 9.17) is 0 Å². The van der Waals surface area contributed by atoms with Gasteiger partial charge >= 0.3 is 0 Å². The maximum Gasteiger partial charge on any atom is 0.105 e. The van der Waals surface area contributed by atoms with Crippen molar-refractivity contribution in [2.24, 2.45) is 5.41 Å². The van der Waals surface area contributed by atoms with Gasteiger partial charge in [-0.25, -0.2) is 0 Å². The highest BCUT2D eigenvalue weighted by atomic mass is 15.1. The predicted molar refractivity (Wildman–Crippen MR) is 78.5 cm³/mol. The smallest absolute Gasteiger partial charge is 0.105 e. The van der Waals surface area contributed by atoms with E-state index in [0.717, 1.165) is 25.9 Å². The van der Waals surface area contributed by atoms with Crippen LogP contribution in [0.4, 0.5) is 0 Å². The van der Waals surface area contributed by atoms with Gasteiger partial charge in [0.25, 0.3) is 0 Å². The molecule has 2 unspecified atom stereocenters. The van der Waals surface area contributed by atoms with Gasteiger partial charge in [0.1, 0.15) is 5.54 Å². The van der Waals surface area contributed by atoms with Gasteiger partial charge in [-0.05, 0) is 45.7 Å². The summed E-state index contributed by atoms with van der Waals surface area (Å²) in [5, 5.41) is 12.6. The van der Waals surface area contributed by atoms with Crippen molar-refractivity contribution in [3.63, 3.8) is 0 Å². The second-order valence-electron chi connectivity index (χ2n) is 6.64. The normalized spacial score (nSPS) is 17.3. The summed E-state index contributed by atoms with van der Waals surface area (Å²) in [6.45, 7) is 15.0. The molecular formula is C15H31N3. The zero-order valence-corrected chi connectivity index (χ0v) is 13.3. The maximum atomic E-state index is 9.29. The molecule has 106 valence electrons. The molecule has 0 bridgehead atoms. The number of hydrogen-bond acceptors (Lipinski definition) is 3. The molecule has 0 heterocycles. The number of hydrogen-bond donors (Lipinski definition) is 1. The van der Waals surface area contributed by atoms with E-state index in [9.17, 15) is 5.26 Å². The first-order valence-electron chi connectivity index (χ1n) is 7.03. The molecule has 0 rings (SSSR count). The van der Waals surface area contributed by atoms with Crippen LogP contribution in [0.25, 0.3) is 0 Å². The Balaban J connectivity index is 4.33. The highest BCUT2D eigenvalue weighted by Crippen LogP contribution is 2.23. The van der Waals surface area contributed by atoms with Gasteiger partial charge in [0.05, 0.1) is 6.07 Å². The van der Waals surface area contributed by atoms with Gasteiger partial charge in [-0.3, -0.25) is 5.32 Å². The lowest BCUT2D eigenvalue weighted by molar-refractivity contribution is 0.132. The summed E-state index contributed by atoms with van der Waals surface area (Å²) >= 11 is 0. The van der Waals surface area contributed by atoms with E-state index in [2.05, 4.69) is 58.0 Å². The average Bonchev–Trinajstić information content (AvgIpc) is 2.31. The summed E-state index contributed by atoms with van der Waals surface area (Å²) in [7, 11) is 2.15. The van der Waals surface area contributed by atoms with E-state index in [0.29, 0.717) is 6.04 Å². The first-order chi connectivity index (χ1) is 8.16. The van der Waals surface area contributed by atoms with Crippen LogP contribution in [-0.2, 0) is 0 Å². The molecule has 3 nitrogen and oxygen atoms in total. The molecule has 0 aliphatic heterocycles. The van der Waals surface area contributed by atoms with Crippen LogP contribution in [0.3, 0.4) is 0 Å². The summed E-state index contributed by atoms with van der Waals surface area (Å²) in [4.78, 5) is 2.35. The first kappa shape index (κ1) is 17.4. The zero-order valence-electron chi connectivity index (χ0n) is 13.3. The molecule has 1 N–H and O–H groups in total. The Kier molecular flexibility index (Phi) is 6.88. The van der Waals surface area contributed by atoms with Crippen LogP contribution in [0.1, 0.15) is 54.4 Å². The van der Waals surface area contributed by atoms with E-state index in [1.807, 2.05) is 6.92 Å². The fraction of sp³-hybridized carbons (Fsp3) is 0.933. The van der Waals surface area contributed by atoms with Crippen LogP contribution in [0.15, 0.2) is 0 Å². The summed E-state index contributed by atoms with van der Waals surface area (Å²) in [5.41, 5.74) is -0.128. The van der Waals surface area contributed by atoms with E-state index < -0.39 is 5.54 Å². The van der Waals surface area contributed by atoms with Crippen molar-refractivity contribution >= 4 is 0 Å². The second kappa shape index (κ2) is 7.11. The minimum absolute atomic E-state index is 0.272. The van der Waals surface area contributed by atoms with Crippen molar-refractivity contribution in [2.75, 3.05) is 20.1 Å². The summed E-state index contributed by atoms with van der Waals surface area (Å²) < 4.78 is 0. The topological polar surface area (TPSA) is 39.1 Å². The van der Waals surface area contributed by atoms with E-state index >= 15 is 0 Å². The van der Waals surface area contributed by atoms with Gasteiger partial charge in [0.2, 0.25) is 0 Å². The fourth-order valence-electron chi connectivity index (χ4n) is 1.84. The number of rotatable bonds is 7. The molecule has 0 aromatic carbocycles. The van der Waals surface area contributed by atoms with Crippen molar-refractivity contribution in [1.82, 2.24) is 10.2 Å². The van der Waals surface area contributed by atoms with Crippen LogP contribution >= 0.6 is 0 Å². The molecule has 0 saturated carbocycles. The lowest BCUT2D eigenvalue weighted by Gasteiger charge is -2.36. The average molecular weight is 253 g/mol. The molecule has 0 fully saturated rings. The van der Waals surface area contributed by atoms with Crippen LogP contribution in [0, 0.1) is 16.7 Å². The molecule has 2 atom stereocenters. The third kappa shape index (κ3) is 5.84. The number of nitrogens with one attached hydrogen (secondary N) is 1. The molecule has 0 aliphatic rings. The molecule has 0 aromatic rings. The van der Waals surface area contributed by atoms with Crippen molar-refractivity contribution < 1.29 is 0 Å².